The quantitative estimate of drug-likeness (QED) is 0.191. The predicted octanol–water partition coefficient (Wildman–Crippen LogP) is 4.47. The van der Waals surface area contributed by atoms with Crippen molar-refractivity contribution in [2.75, 3.05) is 13.2 Å². The summed E-state index contributed by atoms with van der Waals surface area (Å²) in [4.78, 5) is 17.3. The van der Waals surface area contributed by atoms with Crippen LogP contribution >= 0.6 is 12.2 Å². The van der Waals surface area contributed by atoms with Crippen molar-refractivity contribution in [3.05, 3.63) is 82.6 Å². The van der Waals surface area contributed by atoms with Crippen LogP contribution in [0.1, 0.15) is 29.8 Å². The number of nitrogens with one attached hydrogen (secondary N) is 3. The van der Waals surface area contributed by atoms with Gasteiger partial charge in [-0.25, -0.2) is 0 Å². The van der Waals surface area contributed by atoms with Crippen molar-refractivity contribution in [2.24, 2.45) is 5.73 Å². The lowest BCUT2D eigenvalue weighted by molar-refractivity contribution is 0.0994. The van der Waals surface area contributed by atoms with Gasteiger partial charge in [0.05, 0.1) is 5.52 Å². The molecule has 4 rings (SSSR count). The summed E-state index contributed by atoms with van der Waals surface area (Å²) in [6, 6.07) is 20.2. The minimum atomic E-state index is -0.682. The number of aliphatic hydroxyl groups excluding tert-OH is 1. The molecule has 3 aromatic carbocycles. The van der Waals surface area contributed by atoms with Gasteiger partial charge in [-0.1, -0.05) is 18.2 Å². The Kier molecular flexibility index (Phi) is 7.73. The summed E-state index contributed by atoms with van der Waals surface area (Å²) in [5.41, 5.74) is 8.24. The molecule has 36 heavy (non-hydrogen) atoms. The van der Waals surface area contributed by atoms with Gasteiger partial charge in [0.2, 0.25) is 5.91 Å². The number of imidazole rings is 1. The fourth-order valence-electron chi connectivity index (χ4n) is 3.86. The van der Waals surface area contributed by atoms with Gasteiger partial charge in [0.1, 0.15) is 35.5 Å². The van der Waals surface area contributed by atoms with Crippen LogP contribution in [-0.2, 0) is 6.42 Å². The lowest BCUT2D eigenvalue weighted by Crippen LogP contribution is -2.46. The molecule has 0 bridgehead atoms. The first-order valence-corrected chi connectivity index (χ1v) is 12.0. The fraction of sp³-hybridized carbons (Fsp3) is 0.259. The van der Waals surface area contributed by atoms with Crippen LogP contribution in [0.3, 0.4) is 0 Å². The van der Waals surface area contributed by atoms with Gasteiger partial charge >= 0.3 is 0 Å². The molecular weight excluding hydrogens is 476 g/mol. The summed E-state index contributed by atoms with van der Waals surface area (Å²) in [5, 5.41) is 13.9. The second-order valence-electron chi connectivity index (χ2n) is 9.30. The van der Waals surface area contributed by atoms with E-state index in [0.717, 1.165) is 23.0 Å². The van der Waals surface area contributed by atoms with E-state index in [0.29, 0.717) is 34.1 Å². The van der Waals surface area contributed by atoms with Crippen molar-refractivity contribution in [3.63, 3.8) is 0 Å². The number of β-amino-alcohol motifs (C(OH)–C–C–N with tert-alkyl or cyclic N) is 1. The van der Waals surface area contributed by atoms with E-state index in [1.165, 1.54) is 0 Å². The molecule has 0 spiro atoms. The number of rotatable bonds is 11. The predicted molar refractivity (Wildman–Crippen MR) is 142 cm³/mol. The molecule has 0 saturated heterocycles. The fourth-order valence-corrected chi connectivity index (χ4v) is 4.07. The lowest BCUT2D eigenvalue weighted by atomic mass is 9.94. The van der Waals surface area contributed by atoms with Crippen molar-refractivity contribution < 1.29 is 19.4 Å². The van der Waals surface area contributed by atoms with Gasteiger partial charge in [0.25, 0.3) is 0 Å². The second kappa shape index (κ2) is 10.9. The number of hydrogen-bond donors (Lipinski definition) is 5. The molecule has 1 atom stereocenters. The molecule has 4 aromatic rings. The summed E-state index contributed by atoms with van der Waals surface area (Å²) < 4.78 is 12.2. The van der Waals surface area contributed by atoms with Crippen molar-refractivity contribution in [1.82, 2.24) is 15.3 Å². The number of para-hydroxylation sites is 1. The SMILES string of the molecule is CC(C)(Cc1ccc(Oc2ccc(C(N)=O)cc2)cc1)NC[C@H](O)COc1cccc2[nH]c(=S)[nH]c12. The first-order chi connectivity index (χ1) is 17.2. The maximum absolute atomic E-state index is 11.2. The molecule has 0 aliphatic carbocycles. The summed E-state index contributed by atoms with van der Waals surface area (Å²) >= 11 is 5.15. The molecule has 8 nitrogen and oxygen atoms in total. The normalized spacial score (nSPS) is 12.4. The highest BCUT2D eigenvalue weighted by molar-refractivity contribution is 7.71. The number of amides is 1. The maximum Gasteiger partial charge on any atom is 0.248 e. The number of aliphatic hydroxyl groups is 1. The Balaban J connectivity index is 1.26. The summed E-state index contributed by atoms with van der Waals surface area (Å²) in [6.45, 7) is 4.72. The zero-order valence-corrected chi connectivity index (χ0v) is 21.0. The van der Waals surface area contributed by atoms with E-state index in [-0.39, 0.29) is 12.1 Å². The standard InChI is InChI=1S/C27H30N4O4S/c1-27(2,29-15-19(32)16-34-23-5-3-4-22-24(23)31-26(36)30-22)14-17-6-10-20(11-7-17)35-21-12-8-18(9-13-21)25(28)33/h3-13,19,29,32H,14-16H2,1-2H3,(H2,28,33)(H2,30,31,36)/t19-/m0/s1. The van der Waals surface area contributed by atoms with E-state index in [4.69, 9.17) is 27.4 Å². The van der Waals surface area contributed by atoms with Gasteiger partial charge in [-0.05, 0) is 86.6 Å². The van der Waals surface area contributed by atoms with Gasteiger partial charge in [0, 0.05) is 17.6 Å². The van der Waals surface area contributed by atoms with Crippen molar-refractivity contribution in [2.45, 2.75) is 31.9 Å². The molecule has 188 valence electrons. The number of aromatic nitrogens is 2. The Bertz CT molecular complexity index is 1380. The smallest absolute Gasteiger partial charge is 0.248 e. The summed E-state index contributed by atoms with van der Waals surface area (Å²) in [6.07, 6.45) is 0.0751. The van der Waals surface area contributed by atoms with Crippen LogP contribution in [0.25, 0.3) is 11.0 Å². The first kappa shape index (κ1) is 25.4. The molecule has 9 heteroatoms. The Labute approximate surface area is 214 Å². The molecule has 6 N–H and O–H groups in total. The molecule has 1 aromatic heterocycles. The number of benzene rings is 3. The van der Waals surface area contributed by atoms with E-state index < -0.39 is 12.0 Å². The lowest BCUT2D eigenvalue weighted by Gasteiger charge is -2.28. The van der Waals surface area contributed by atoms with E-state index in [9.17, 15) is 9.90 Å². The molecule has 0 unspecified atom stereocenters. The van der Waals surface area contributed by atoms with Crippen molar-refractivity contribution >= 4 is 29.2 Å². The highest BCUT2D eigenvalue weighted by Gasteiger charge is 2.20. The van der Waals surface area contributed by atoms with Gasteiger partial charge in [-0.2, -0.15) is 0 Å². The summed E-state index contributed by atoms with van der Waals surface area (Å²) in [5.74, 6) is 1.49. The third kappa shape index (κ3) is 6.72. The molecule has 0 aliphatic rings. The third-order valence-electron chi connectivity index (χ3n) is 5.70. The molecule has 0 aliphatic heterocycles. The molecule has 0 saturated carbocycles. The monoisotopic (exact) mass is 506 g/mol. The molecule has 1 heterocycles. The average Bonchev–Trinajstić information content (AvgIpc) is 3.23. The van der Waals surface area contributed by atoms with Crippen LogP contribution in [0.4, 0.5) is 0 Å². The zero-order valence-electron chi connectivity index (χ0n) is 20.2. The van der Waals surface area contributed by atoms with E-state index >= 15 is 0 Å². The Hall–Kier alpha value is -3.66. The Morgan fingerprint density at radius 1 is 1.06 bits per heavy atom. The minimum Gasteiger partial charge on any atom is -0.489 e. The number of carbonyl (C=O) groups excluding carboxylic acids is 1. The highest BCUT2D eigenvalue weighted by atomic mass is 32.1. The zero-order chi connectivity index (χ0) is 25.7. The maximum atomic E-state index is 11.2. The average molecular weight is 507 g/mol. The Morgan fingerprint density at radius 2 is 1.72 bits per heavy atom. The van der Waals surface area contributed by atoms with Gasteiger partial charge in [0.15, 0.2) is 4.77 Å². The number of H-pyrrole nitrogens is 2. The van der Waals surface area contributed by atoms with Crippen molar-refractivity contribution in [3.8, 4) is 17.2 Å². The van der Waals surface area contributed by atoms with Gasteiger partial charge in [-0.15, -0.1) is 0 Å². The van der Waals surface area contributed by atoms with Gasteiger partial charge < -0.3 is 35.6 Å². The number of nitrogens with two attached hydrogens (primary N) is 1. The van der Waals surface area contributed by atoms with Crippen molar-refractivity contribution in [1.29, 1.82) is 0 Å². The van der Waals surface area contributed by atoms with Crippen LogP contribution in [0.2, 0.25) is 0 Å². The second-order valence-corrected chi connectivity index (χ2v) is 9.71. The van der Waals surface area contributed by atoms with Crippen LogP contribution in [0, 0.1) is 4.77 Å². The minimum absolute atomic E-state index is 0.153. The number of carbonyl (C=O) groups is 1. The topological polar surface area (TPSA) is 125 Å². The van der Waals surface area contributed by atoms with Crippen LogP contribution < -0.4 is 20.5 Å². The molecular formula is C27H30N4O4S. The van der Waals surface area contributed by atoms with Gasteiger partial charge in [-0.3, -0.25) is 4.79 Å². The molecule has 0 radical (unpaired) electrons. The van der Waals surface area contributed by atoms with Crippen LogP contribution in [-0.4, -0.2) is 45.8 Å². The van der Waals surface area contributed by atoms with E-state index in [1.807, 2.05) is 42.5 Å². The number of fused-ring (bicyclic) bond motifs is 1. The van der Waals surface area contributed by atoms with Crippen LogP contribution in [0.5, 0.6) is 17.2 Å². The number of ether oxygens (including phenoxy) is 2. The van der Waals surface area contributed by atoms with Crippen LogP contribution in [0.15, 0.2) is 66.7 Å². The highest BCUT2D eigenvalue weighted by Crippen LogP contribution is 2.24. The number of hydrogen-bond acceptors (Lipinski definition) is 6. The molecule has 1 amide bonds. The summed E-state index contributed by atoms with van der Waals surface area (Å²) in [7, 11) is 0. The van der Waals surface area contributed by atoms with E-state index in [2.05, 4.69) is 29.1 Å². The number of aromatic amines is 2. The first-order valence-electron chi connectivity index (χ1n) is 11.6. The largest absolute Gasteiger partial charge is 0.489 e. The third-order valence-corrected chi connectivity index (χ3v) is 5.91. The van der Waals surface area contributed by atoms with E-state index in [1.54, 1.807) is 24.3 Å². The number of primary amides is 1. The molecule has 0 fully saturated rings. The Morgan fingerprint density at radius 3 is 2.39 bits per heavy atom.